The number of hydrogen-bond donors (Lipinski definition) is 4. The Hall–Kier alpha value is -4.14. The van der Waals surface area contributed by atoms with Crippen molar-refractivity contribution >= 4 is 23.2 Å². The van der Waals surface area contributed by atoms with Crippen molar-refractivity contribution in [2.45, 2.75) is 20.3 Å². The SMILES string of the molecule is CC(C)C=C1NC=CC(Oc2ccc(NC(=O)CC(=O)Nc3ccc(F)cc3)c(F)c2)=C1N. The molecule has 0 saturated carbocycles. The van der Waals surface area contributed by atoms with Crippen LogP contribution in [0.3, 0.4) is 0 Å². The first-order valence-corrected chi connectivity index (χ1v) is 10.2. The van der Waals surface area contributed by atoms with Crippen molar-refractivity contribution in [3.05, 3.63) is 89.6 Å². The summed E-state index contributed by atoms with van der Waals surface area (Å²) in [6.07, 6.45) is 4.69. The lowest BCUT2D eigenvalue weighted by molar-refractivity contribution is -0.123. The molecule has 0 bridgehead atoms. The van der Waals surface area contributed by atoms with Gasteiger partial charge in [-0.3, -0.25) is 9.59 Å². The Labute approximate surface area is 190 Å². The number of nitrogens with one attached hydrogen (secondary N) is 3. The van der Waals surface area contributed by atoms with Crippen LogP contribution >= 0.6 is 0 Å². The highest BCUT2D eigenvalue weighted by molar-refractivity contribution is 6.08. The quantitative estimate of drug-likeness (QED) is 0.471. The van der Waals surface area contributed by atoms with Crippen LogP contribution in [0.5, 0.6) is 5.75 Å². The van der Waals surface area contributed by atoms with E-state index in [-0.39, 0.29) is 17.4 Å². The number of carbonyl (C=O) groups excluding carboxylic acids is 2. The van der Waals surface area contributed by atoms with Crippen LogP contribution in [0.15, 0.2) is 78.0 Å². The molecule has 172 valence electrons. The van der Waals surface area contributed by atoms with Gasteiger partial charge < -0.3 is 26.4 Å². The van der Waals surface area contributed by atoms with Gasteiger partial charge in [0.15, 0.2) is 5.76 Å². The Morgan fingerprint density at radius 2 is 1.79 bits per heavy atom. The molecule has 2 aromatic carbocycles. The third-order valence-corrected chi connectivity index (χ3v) is 4.42. The van der Waals surface area contributed by atoms with Crippen molar-refractivity contribution in [3.63, 3.8) is 0 Å². The number of halogens is 2. The lowest BCUT2D eigenvalue weighted by Crippen LogP contribution is -2.22. The number of ether oxygens (including phenoxy) is 1. The zero-order valence-electron chi connectivity index (χ0n) is 18.1. The molecule has 1 aliphatic heterocycles. The number of amides is 2. The van der Waals surface area contributed by atoms with Crippen LogP contribution < -0.4 is 26.4 Å². The topological polar surface area (TPSA) is 105 Å². The Morgan fingerprint density at radius 3 is 2.45 bits per heavy atom. The Kier molecular flexibility index (Phi) is 7.45. The van der Waals surface area contributed by atoms with Gasteiger partial charge in [0.1, 0.15) is 23.8 Å². The summed E-state index contributed by atoms with van der Waals surface area (Å²) < 4.78 is 33.1. The second-order valence-corrected chi connectivity index (χ2v) is 7.60. The number of nitrogens with two attached hydrogens (primary N) is 1. The first-order chi connectivity index (χ1) is 15.7. The number of allylic oxidation sites excluding steroid dienone is 2. The molecule has 7 nitrogen and oxygen atoms in total. The normalized spacial score (nSPS) is 14.3. The van der Waals surface area contributed by atoms with Gasteiger partial charge in [0.2, 0.25) is 11.8 Å². The smallest absolute Gasteiger partial charge is 0.233 e. The molecular formula is C24H24F2N4O3. The van der Waals surface area contributed by atoms with Crippen LogP contribution in [0.2, 0.25) is 0 Å². The summed E-state index contributed by atoms with van der Waals surface area (Å²) in [6, 6.07) is 9.00. The van der Waals surface area contributed by atoms with E-state index in [4.69, 9.17) is 10.5 Å². The van der Waals surface area contributed by atoms with Crippen molar-refractivity contribution in [2.24, 2.45) is 11.7 Å². The van der Waals surface area contributed by atoms with E-state index in [0.717, 1.165) is 6.07 Å². The standard InChI is InChI=1S/C24H24F2N4O3/c1-14(2)11-20-24(27)21(9-10-28-20)33-17-7-8-19(18(26)12-17)30-23(32)13-22(31)29-16-5-3-15(25)4-6-16/h3-12,14,28H,13,27H2,1-2H3,(H,29,31)(H,30,32). The molecule has 5 N–H and O–H groups in total. The fraction of sp³-hybridized carbons (Fsp3) is 0.167. The minimum absolute atomic E-state index is 0.106. The van der Waals surface area contributed by atoms with Crippen molar-refractivity contribution in [2.75, 3.05) is 10.6 Å². The summed E-state index contributed by atoms with van der Waals surface area (Å²) in [7, 11) is 0. The summed E-state index contributed by atoms with van der Waals surface area (Å²) in [5.74, 6) is -1.71. The molecule has 2 aromatic rings. The predicted octanol–water partition coefficient (Wildman–Crippen LogP) is 4.14. The maximum Gasteiger partial charge on any atom is 0.233 e. The second kappa shape index (κ2) is 10.4. The van der Waals surface area contributed by atoms with Crippen LogP contribution in [0.1, 0.15) is 20.3 Å². The number of hydrogen-bond acceptors (Lipinski definition) is 5. The Bertz CT molecular complexity index is 1140. The Balaban J connectivity index is 1.61. The van der Waals surface area contributed by atoms with Gasteiger partial charge in [-0.2, -0.15) is 0 Å². The van der Waals surface area contributed by atoms with Crippen LogP contribution in [-0.2, 0) is 9.59 Å². The summed E-state index contributed by atoms with van der Waals surface area (Å²) in [5, 5.41) is 7.84. The van der Waals surface area contributed by atoms with E-state index in [0.29, 0.717) is 22.8 Å². The summed E-state index contributed by atoms with van der Waals surface area (Å²) in [4.78, 5) is 24.1. The van der Waals surface area contributed by atoms with Gasteiger partial charge in [0.25, 0.3) is 0 Å². The number of carbonyl (C=O) groups is 2. The second-order valence-electron chi connectivity index (χ2n) is 7.60. The molecule has 0 unspecified atom stereocenters. The molecule has 0 aromatic heterocycles. The molecular weight excluding hydrogens is 430 g/mol. The first kappa shape index (κ1) is 23.5. The van der Waals surface area contributed by atoms with Gasteiger partial charge in [-0.25, -0.2) is 8.78 Å². The van der Waals surface area contributed by atoms with Crippen molar-refractivity contribution < 1.29 is 23.1 Å². The number of rotatable bonds is 7. The Morgan fingerprint density at radius 1 is 1.09 bits per heavy atom. The fourth-order valence-electron chi connectivity index (χ4n) is 2.93. The largest absolute Gasteiger partial charge is 0.455 e. The fourth-order valence-corrected chi connectivity index (χ4v) is 2.93. The maximum atomic E-state index is 14.5. The molecule has 1 heterocycles. The highest BCUT2D eigenvalue weighted by Gasteiger charge is 2.16. The summed E-state index contributed by atoms with van der Waals surface area (Å²) >= 11 is 0. The minimum Gasteiger partial charge on any atom is -0.455 e. The number of benzene rings is 2. The van der Waals surface area contributed by atoms with Gasteiger partial charge in [-0.1, -0.05) is 19.9 Å². The molecule has 33 heavy (non-hydrogen) atoms. The zero-order valence-corrected chi connectivity index (χ0v) is 18.1. The zero-order chi connectivity index (χ0) is 24.0. The lowest BCUT2D eigenvalue weighted by Gasteiger charge is -2.18. The van der Waals surface area contributed by atoms with E-state index >= 15 is 0 Å². The number of anilines is 2. The van der Waals surface area contributed by atoms with Gasteiger partial charge in [-0.05, 0) is 48.4 Å². The molecule has 0 spiro atoms. The highest BCUT2D eigenvalue weighted by Crippen LogP contribution is 2.25. The third-order valence-electron chi connectivity index (χ3n) is 4.42. The van der Waals surface area contributed by atoms with Gasteiger partial charge in [0, 0.05) is 18.0 Å². The average molecular weight is 454 g/mol. The molecule has 0 atom stereocenters. The van der Waals surface area contributed by atoms with Gasteiger partial charge >= 0.3 is 0 Å². The van der Waals surface area contributed by atoms with Crippen molar-refractivity contribution in [3.8, 4) is 5.75 Å². The summed E-state index contributed by atoms with van der Waals surface area (Å²) in [6.45, 7) is 4.02. The molecule has 9 heteroatoms. The highest BCUT2D eigenvalue weighted by atomic mass is 19.1. The third kappa shape index (κ3) is 6.67. The van der Waals surface area contributed by atoms with Crippen LogP contribution in [0.4, 0.5) is 20.2 Å². The summed E-state index contributed by atoms with van der Waals surface area (Å²) in [5.41, 5.74) is 7.45. The van der Waals surface area contributed by atoms with E-state index in [9.17, 15) is 18.4 Å². The van der Waals surface area contributed by atoms with Gasteiger partial charge in [0.05, 0.1) is 17.1 Å². The maximum absolute atomic E-state index is 14.5. The molecule has 0 aliphatic carbocycles. The molecule has 3 rings (SSSR count). The van der Waals surface area contributed by atoms with E-state index in [1.54, 1.807) is 12.3 Å². The molecule has 1 aliphatic rings. The van der Waals surface area contributed by atoms with E-state index in [1.165, 1.54) is 36.4 Å². The number of dihydropyridines is 1. The van der Waals surface area contributed by atoms with Crippen molar-refractivity contribution in [1.82, 2.24) is 5.32 Å². The minimum atomic E-state index is -0.741. The first-order valence-electron chi connectivity index (χ1n) is 10.2. The predicted molar refractivity (Wildman–Crippen MR) is 122 cm³/mol. The van der Waals surface area contributed by atoms with E-state index < -0.39 is 29.9 Å². The lowest BCUT2D eigenvalue weighted by atomic mass is 10.1. The monoisotopic (exact) mass is 454 g/mol. The molecule has 2 amide bonds. The van der Waals surface area contributed by atoms with E-state index in [1.807, 2.05) is 19.9 Å². The van der Waals surface area contributed by atoms with E-state index in [2.05, 4.69) is 16.0 Å². The van der Waals surface area contributed by atoms with Crippen LogP contribution in [0.25, 0.3) is 0 Å². The molecule has 0 saturated heterocycles. The van der Waals surface area contributed by atoms with Gasteiger partial charge in [-0.15, -0.1) is 0 Å². The molecule has 0 radical (unpaired) electrons. The average Bonchev–Trinajstić information content (AvgIpc) is 2.74. The van der Waals surface area contributed by atoms with Crippen LogP contribution in [0, 0.1) is 17.6 Å². The van der Waals surface area contributed by atoms with Crippen molar-refractivity contribution in [1.29, 1.82) is 0 Å². The molecule has 0 fully saturated rings. The van der Waals surface area contributed by atoms with Crippen LogP contribution in [-0.4, -0.2) is 11.8 Å².